The molecule has 0 heterocycles. The Hall–Kier alpha value is 1.49. The van der Waals surface area contributed by atoms with Gasteiger partial charge in [0.1, 0.15) is 0 Å². The van der Waals surface area contributed by atoms with E-state index < -0.39 is 6.16 Å². The molecule has 0 saturated carbocycles. The van der Waals surface area contributed by atoms with Gasteiger partial charge in [-0.2, -0.15) is 0 Å². The molecule has 0 amide bonds. The van der Waals surface area contributed by atoms with Crippen molar-refractivity contribution in [3.05, 3.63) is 0 Å². The molecule has 0 aliphatic heterocycles. The molecule has 0 aromatic heterocycles. The summed E-state index contributed by atoms with van der Waals surface area (Å²) in [6.07, 6.45) is -1.83. The summed E-state index contributed by atoms with van der Waals surface area (Å²) in [7, 11) is 0. The first-order chi connectivity index (χ1) is 1.73. The van der Waals surface area contributed by atoms with E-state index in [1.54, 1.807) is 0 Å². The van der Waals surface area contributed by atoms with E-state index in [1.807, 2.05) is 0 Å². The molecule has 5 heteroatoms. The van der Waals surface area contributed by atoms with Gasteiger partial charge in [0.05, 0.1) is 0 Å². The molecular formula is CH4NbO3Sr. The van der Waals surface area contributed by atoms with Crippen LogP contribution < -0.4 is 0 Å². The van der Waals surface area contributed by atoms with Gasteiger partial charge in [0.25, 0.3) is 0 Å². The van der Waals surface area contributed by atoms with Crippen molar-refractivity contribution in [1.29, 1.82) is 0 Å². The number of carboxylic acid groups (broad SMARTS) is 2. The molecule has 33 valence electrons. The zero-order chi connectivity index (χ0) is 3.58. The fourth-order valence-corrected chi connectivity index (χ4v) is 0. The third-order valence-electron chi connectivity index (χ3n) is 0. The maximum absolute atomic E-state index is 8.56. The Kier molecular flexibility index (Phi) is 25.3. The van der Waals surface area contributed by atoms with Crippen molar-refractivity contribution in [2.24, 2.45) is 0 Å². The monoisotopic (exact) mass is 245 g/mol. The van der Waals surface area contributed by atoms with Crippen molar-refractivity contribution >= 4 is 51.6 Å². The molecule has 0 rings (SSSR count). The summed E-state index contributed by atoms with van der Waals surface area (Å²) in [5, 5.41) is 13.9. The summed E-state index contributed by atoms with van der Waals surface area (Å²) in [5.41, 5.74) is 0. The standard InChI is InChI=1S/CH2O3.Nb.Sr.2H/c2-1(3)4;;;;/h(H2,2,3,4);;;;/q;;+2;2*-1. The average Bonchev–Trinajstić information content (AvgIpc) is 0.811. The van der Waals surface area contributed by atoms with E-state index in [4.69, 9.17) is 15.0 Å². The van der Waals surface area contributed by atoms with Crippen molar-refractivity contribution in [3.63, 3.8) is 0 Å². The van der Waals surface area contributed by atoms with Crippen LogP contribution in [0.25, 0.3) is 0 Å². The molecule has 0 atom stereocenters. The minimum Gasteiger partial charge on any atom is -1.00 e. The third-order valence-corrected chi connectivity index (χ3v) is 0. The van der Waals surface area contributed by atoms with Gasteiger partial charge in [-0.05, 0) is 0 Å². The molecule has 0 fully saturated rings. The number of hydrogen-bond acceptors (Lipinski definition) is 1. The van der Waals surface area contributed by atoms with Gasteiger partial charge in [-0.25, -0.2) is 4.79 Å². The van der Waals surface area contributed by atoms with E-state index in [0.29, 0.717) is 0 Å². The average molecular weight is 245 g/mol. The zero-order valence-corrected chi connectivity index (χ0v) is 8.63. The molecule has 0 aromatic rings. The number of hydrogen-bond donors (Lipinski definition) is 2. The summed E-state index contributed by atoms with van der Waals surface area (Å²) in [4.78, 5) is 8.56. The van der Waals surface area contributed by atoms with E-state index >= 15 is 0 Å². The van der Waals surface area contributed by atoms with Gasteiger partial charge in [-0.1, -0.05) is 0 Å². The quantitative estimate of drug-likeness (QED) is 0.593. The van der Waals surface area contributed by atoms with Crippen LogP contribution in [0.5, 0.6) is 0 Å². The normalized spacial score (nSPS) is 4.00. The maximum Gasteiger partial charge on any atom is 2.00 e. The Bertz CT molecular complexity index is 40.3. The van der Waals surface area contributed by atoms with E-state index in [1.165, 1.54) is 0 Å². The van der Waals surface area contributed by atoms with Crippen molar-refractivity contribution < 1.29 is 40.2 Å². The van der Waals surface area contributed by atoms with Gasteiger partial charge in [-0.3, -0.25) is 0 Å². The fourth-order valence-electron chi connectivity index (χ4n) is 0. The summed E-state index contributed by atoms with van der Waals surface area (Å²) >= 11 is 0. The van der Waals surface area contributed by atoms with Crippen molar-refractivity contribution in [2.45, 2.75) is 0 Å². The molecule has 0 aliphatic carbocycles. The van der Waals surface area contributed by atoms with Crippen LogP contribution in [0.15, 0.2) is 0 Å². The minimum atomic E-state index is -1.83. The fraction of sp³-hybridized carbons (Fsp3) is 0. The van der Waals surface area contributed by atoms with Gasteiger partial charge >= 0.3 is 51.6 Å². The van der Waals surface area contributed by atoms with Crippen LogP contribution in [0.1, 0.15) is 2.85 Å². The summed E-state index contributed by atoms with van der Waals surface area (Å²) in [6.45, 7) is 0. The summed E-state index contributed by atoms with van der Waals surface area (Å²) < 4.78 is 0. The summed E-state index contributed by atoms with van der Waals surface area (Å²) in [5.74, 6) is 0. The second-order valence-corrected chi connectivity index (χ2v) is 0.283. The van der Waals surface area contributed by atoms with Crippen LogP contribution in [0.2, 0.25) is 0 Å². The molecule has 0 unspecified atom stereocenters. The van der Waals surface area contributed by atoms with E-state index in [2.05, 4.69) is 0 Å². The van der Waals surface area contributed by atoms with E-state index in [-0.39, 0.29) is 70.7 Å². The Morgan fingerprint density at radius 1 is 1.50 bits per heavy atom. The molecular weight excluding hydrogens is 241 g/mol. The Morgan fingerprint density at radius 3 is 1.50 bits per heavy atom. The summed E-state index contributed by atoms with van der Waals surface area (Å²) in [6, 6.07) is 0. The van der Waals surface area contributed by atoms with Crippen molar-refractivity contribution in [1.82, 2.24) is 0 Å². The number of carbonyl (C=O) groups is 1. The molecule has 0 bridgehead atoms. The van der Waals surface area contributed by atoms with Gasteiger partial charge < -0.3 is 13.1 Å². The maximum atomic E-state index is 8.56. The molecule has 0 spiro atoms. The van der Waals surface area contributed by atoms with Crippen LogP contribution in [-0.4, -0.2) is 61.9 Å². The van der Waals surface area contributed by atoms with Gasteiger partial charge in [0, 0.05) is 22.4 Å². The molecule has 3 nitrogen and oxygen atoms in total. The van der Waals surface area contributed by atoms with E-state index in [9.17, 15) is 0 Å². The molecule has 0 aliphatic rings. The molecule has 6 heavy (non-hydrogen) atoms. The smallest absolute Gasteiger partial charge is 1.00 e. The second-order valence-electron chi connectivity index (χ2n) is 0.283. The Balaban J connectivity index is -0.00000000750. The van der Waals surface area contributed by atoms with Crippen LogP contribution in [-0.2, 0) is 22.4 Å². The first-order valence-electron chi connectivity index (χ1n) is 0.651. The Morgan fingerprint density at radius 2 is 1.50 bits per heavy atom. The largest absolute Gasteiger partial charge is 2.00 e. The zero-order valence-electron chi connectivity index (χ0n) is 4.96. The van der Waals surface area contributed by atoms with Gasteiger partial charge in [0.15, 0.2) is 0 Å². The predicted octanol–water partition coefficient (Wildman–Crippen LogP) is 0.0641. The van der Waals surface area contributed by atoms with Crippen LogP contribution in [0, 0.1) is 0 Å². The van der Waals surface area contributed by atoms with E-state index in [0.717, 1.165) is 0 Å². The molecule has 1 radical (unpaired) electrons. The second kappa shape index (κ2) is 9.70. The molecule has 2 N–H and O–H groups in total. The van der Waals surface area contributed by atoms with Crippen molar-refractivity contribution in [3.8, 4) is 0 Å². The first kappa shape index (κ1) is 15.6. The molecule has 0 aromatic carbocycles. The number of rotatable bonds is 0. The Labute approximate surface area is 90.5 Å². The van der Waals surface area contributed by atoms with Gasteiger partial charge in [-0.15, -0.1) is 0 Å². The SMILES string of the molecule is O=C(O)O.[H-].[H-].[Nb].[Sr+2]. The third kappa shape index (κ3) is 49.8. The first-order valence-corrected chi connectivity index (χ1v) is 0.651. The predicted molar refractivity (Wildman–Crippen MR) is 18.6 cm³/mol. The van der Waals surface area contributed by atoms with Crippen molar-refractivity contribution in [2.75, 3.05) is 0 Å². The molecule has 0 saturated heterocycles. The van der Waals surface area contributed by atoms with Crippen LogP contribution >= 0.6 is 0 Å². The minimum absolute atomic E-state index is 0. The van der Waals surface area contributed by atoms with Gasteiger partial charge in [0.2, 0.25) is 0 Å². The topological polar surface area (TPSA) is 57.5 Å². The van der Waals surface area contributed by atoms with Crippen LogP contribution in [0.3, 0.4) is 0 Å². The van der Waals surface area contributed by atoms with Crippen LogP contribution in [0.4, 0.5) is 4.79 Å².